The number of aromatic nitrogens is 3. The molecule has 2 aromatic heterocycles. The zero-order valence-corrected chi connectivity index (χ0v) is 30.6. The van der Waals surface area contributed by atoms with E-state index in [9.17, 15) is 0 Å². The van der Waals surface area contributed by atoms with Crippen molar-refractivity contribution >= 4 is 60.9 Å². The SMILES string of the molecule is Cc1ccccc1/C=C1\Cc2ccc3ccccc3c2N1c1cccc(-c2nc(-c3ccccc3)nc(-c3cccc4c3oc3ccc5ccccc5c34)n2)c1. The number of fused-ring (bicyclic) bond motifs is 8. The molecule has 1 aliphatic heterocycles. The zero-order chi connectivity index (χ0) is 37.2. The van der Waals surface area contributed by atoms with Gasteiger partial charge in [-0.05, 0) is 70.1 Å². The molecule has 5 heteroatoms. The van der Waals surface area contributed by atoms with E-state index in [4.69, 9.17) is 19.4 Å². The molecule has 0 saturated heterocycles. The molecule has 264 valence electrons. The van der Waals surface area contributed by atoms with Gasteiger partial charge >= 0.3 is 0 Å². The van der Waals surface area contributed by atoms with Crippen molar-refractivity contribution in [3.8, 4) is 34.2 Å². The van der Waals surface area contributed by atoms with E-state index >= 15 is 0 Å². The summed E-state index contributed by atoms with van der Waals surface area (Å²) < 4.78 is 6.65. The van der Waals surface area contributed by atoms with Crippen LogP contribution in [0.15, 0.2) is 180 Å². The summed E-state index contributed by atoms with van der Waals surface area (Å²) in [7, 11) is 0. The van der Waals surface area contributed by atoms with Crippen molar-refractivity contribution in [1.29, 1.82) is 0 Å². The van der Waals surface area contributed by atoms with Crippen LogP contribution in [0.4, 0.5) is 11.4 Å². The Labute approximate surface area is 323 Å². The maximum Gasteiger partial charge on any atom is 0.167 e. The van der Waals surface area contributed by atoms with Crippen molar-refractivity contribution in [1.82, 2.24) is 15.0 Å². The van der Waals surface area contributed by atoms with Crippen LogP contribution < -0.4 is 4.90 Å². The van der Waals surface area contributed by atoms with Gasteiger partial charge in [-0.25, -0.2) is 15.0 Å². The molecule has 11 rings (SSSR count). The van der Waals surface area contributed by atoms with Gasteiger partial charge in [0.05, 0.1) is 11.3 Å². The van der Waals surface area contributed by atoms with E-state index in [1.807, 2.05) is 36.4 Å². The molecule has 5 nitrogen and oxygen atoms in total. The van der Waals surface area contributed by atoms with Crippen LogP contribution >= 0.6 is 0 Å². The summed E-state index contributed by atoms with van der Waals surface area (Å²) in [6.07, 6.45) is 3.16. The van der Waals surface area contributed by atoms with E-state index in [0.717, 1.165) is 56.1 Å². The zero-order valence-electron chi connectivity index (χ0n) is 30.6. The Morgan fingerprint density at radius 3 is 2.07 bits per heavy atom. The highest BCUT2D eigenvalue weighted by Crippen LogP contribution is 2.46. The highest BCUT2D eigenvalue weighted by atomic mass is 16.3. The van der Waals surface area contributed by atoms with Gasteiger partial charge in [0, 0.05) is 45.1 Å². The summed E-state index contributed by atoms with van der Waals surface area (Å²) in [6, 6.07) is 59.3. The Hall–Kier alpha value is -7.37. The number of benzene rings is 8. The second-order valence-electron chi connectivity index (χ2n) is 14.5. The van der Waals surface area contributed by atoms with Crippen molar-refractivity contribution in [3.63, 3.8) is 0 Å². The van der Waals surface area contributed by atoms with Crippen LogP contribution in [0, 0.1) is 6.92 Å². The molecule has 1 aliphatic rings. The molecule has 8 aromatic carbocycles. The fourth-order valence-corrected chi connectivity index (χ4v) is 8.33. The summed E-state index contributed by atoms with van der Waals surface area (Å²) in [5.74, 6) is 1.76. The molecule has 0 spiro atoms. The molecule has 56 heavy (non-hydrogen) atoms. The second kappa shape index (κ2) is 12.9. The van der Waals surface area contributed by atoms with E-state index in [2.05, 4.69) is 151 Å². The first-order chi connectivity index (χ1) is 27.7. The van der Waals surface area contributed by atoms with E-state index in [1.165, 1.54) is 44.2 Å². The van der Waals surface area contributed by atoms with Crippen molar-refractivity contribution in [2.24, 2.45) is 0 Å². The lowest BCUT2D eigenvalue weighted by Gasteiger charge is -2.24. The van der Waals surface area contributed by atoms with Gasteiger partial charge in [-0.2, -0.15) is 0 Å². The van der Waals surface area contributed by atoms with E-state index in [1.54, 1.807) is 0 Å². The maximum atomic E-state index is 6.65. The first-order valence-electron chi connectivity index (χ1n) is 19.0. The van der Waals surface area contributed by atoms with Crippen LogP contribution in [0.2, 0.25) is 0 Å². The van der Waals surface area contributed by atoms with Gasteiger partial charge in [0.2, 0.25) is 0 Å². The third-order valence-electron chi connectivity index (χ3n) is 11.0. The van der Waals surface area contributed by atoms with Crippen LogP contribution in [-0.4, -0.2) is 15.0 Å². The van der Waals surface area contributed by atoms with Gasteiger partial charge in [0.25, 0.3) is 0 Å². The molecular weight excluding hydrogens is 685 g/mol. The number of aryl methyl sites for hydroxylation is 1. The summed E-state index contributed by atoms with van der Waals surface area (Å²) in [6.45, 7) is 2.17. The van der Waals surface area contributed by atoms with Gasteiger partial charge in [-0.3, -0.25) is 0 Å². The quantitative estimate of drug-likeness (QED) is 0.177. The van der Waals surface area contributed by atoms with Crippen LogP contribution in [0.1, 0.15) is 16.7 Å². The van der Waals surface area contributed by atoms with Crippen molar-refractivity contribution in [2.45, 2.75) is 13.3 Å². The van der Waals surface area contributed by atoms with Gasteiger partial charge in [0.1, 0.15) is 11.2 Å². The number of para-hydroxylation sites is 1. The summed E-state index contributed by atoms with van der Waals surface area (Å²) >= 11 is 0. The Morgan fingerprint density at radius 2 is 1.21 bits per heavy atom. The number of hydrogen-bond acceptors (Lipinski definition) is 5. The number of allylic oxidation sites excluding steroid dienone is 1. The number of rotatable bonds is 5. The topological polar surface area (TPSA) is 55.1 Å². The van der Waals surface area contributed by atoms with Gasteiger partial charge < -0.3 is 9.32 Å². The number of furan rings is 1. The fourth-order valence-electron chi connectivity index (χ4n) is 8.33. The van der Waals surface area contributed by atoms with Gasteiger partial charge in [0.15, 0.2) is 17.5 Å². The lowest BCUT2D eigenvalue weighted by molar-refractivity contribution is 0.670. The Bertz CT molecular complexity index is 3200. The molecule has 0 fully saturated rings. The summed E-state index contributed by atoms with van der Waals surface area (Å²) in [5, 5.41) is 6.90. The molecule has 0 bridgehead atoms. The largest absolute Gasteiger partial charge is 0.455 e. The Balaban J connectivity index is 1.11. The van der Waals surface area contributed by atoms with Crippen molar-refractivity contribution in [2.75, 3.05) is 4.90 Å². The predicted octanol–water partition coefficient (Wildman–Crippen LogP) is 13.1. The molecule has 0 radical (unpaired) electrons. The molecule has 0 saturated carbocycles. The van der Waals surface area contributed by atoms with Crippen LogP contribution in [0.3, 0.4) is 0 Å². The molecule has 0 N–H and O–H groups in total. The smallest absolute Gasteiger partial charge is 0.167 e. The lowest BCUT2D eigenvalue weighted by atomic mass is 10.0. The highest BCUT2D eigenvalue weighted by Gasteiger charge is 2.28. The van der Waals surface area contributed by atoms with E-state index in [-0.39, 0.29) is 0 Å². The normalized spacial score (nSPS) is 13.4. The minimum atomic E-state index is 0.561. The monoisotopic (exact) mass is 718 g/mol. The van der Waals surface area contributed by atoms with Gasteiger partial charge in [-0.1, -0.05) is 146 Å². The average molecular weight is 719 g/mol. The van der Waals surface area contributed by atoms with Gasteiger partial charge in [-0.15, -0.1) is 0 Å². The molecule has 10 aromatic rings. The minimum absolute atomic E-state index is 0.561. The standard InChI is InChI=1S/C51H34N4O/c1-32-13-5-6-18-36(32)29-40-30-37-26-25-34-15-8-10-22-42(34)47(37)55(40)39-20-11-19-38(31-39)50-52-49(35-16-3-2-4-17-35)53-51(54-50)44-24-12-23-43-46-41-21-9-7-14-33(41)27-28-45(46)56-48(43)44/h2-29,31H,30H2,1H3/b40-29+. The third-order valence-corrected chi connectivity index (χ3v) is 11.0. The highest BCUT2D eigenvalue weighted by molar-refractivity contribution is 6.20. The van der Waals surface area contributed by atoms with Crippen molar-refractivity contribution in [3.05, 3.63) is 192 Å². The van der Waals surface area contributed by atoms with E-state index in [0.29, 0.717) is 17.5 Å². The van der Waals surface area contributed by atoms with Crippen LogP contribution in [0.25, 0.3) is 83.7 Å². The molecule has 0 aliphatic carbocycles. The molecule has 0 amide bonds. The molecular formula is C51H34N4O. The first kappa shape index (κ1) is 32.1. The first-order valence-corrected chi connectivity index (χ1v) is 19.0. The maximum absolute atomic E-state index is 6.65. The number of nitrogens with zero attached hydrogens (tertiary/aromatic N) is 4. The molecule has 3 heterocycles. The minimum Gasteiger partial charge on any atom is -0.455 e. The number of hydrogen-bond donors (Lipinski definition) is 0. The third kappa shape index (κ3) is 5.28. The Morgan fingerprint density at radius 1 is 0.554 bits per heavy atom. The average Bonchev–Trinajstić information content (AvgIpc) is 3.83. The predicted molar refractivity (Wildman–Crippen MR) is 230 cm³/mol. The molecule has 0 atom stereocenters. The summed E-state index contributed by atoms with van der Waals surface area (Å²) in [5.41, 5.74) is 11.5. The molecule has 0 unspecified atom stereocenters. The fraction of sp³-hybridized carbons (Fsp3) is 0.0392. The second-order valence-corrected chi connectivity index (χ2v) is 14.5. The van der Waals surface area contributed by atoms with Crippen LogP contribution in [-0.2, 0) is 6.42 Å². The van der Waals surface area contributed by atoms with Crippen molar-refractivity contribution < 1.29 is 4.42 Å². The number of anilines is 2. The Kier molecular flexibility index (Phi) is 7.39. The van der Waals surface area contributed by atoms with E-state index < -0.39 is 0 Å². The summed E-state index contributed by atoms with van der Waals surface area (Å²) in [4.78, 5) is 17.9. The van der Waals surface area contributed by atoms with Crippen LogP contribution in [0.5, 0.6) is 0 Å². The lowest BCUT2D eigenvalue weighted by Crippen LogP contribution is -2.12.